The molecule has 2 aromatic carbocycles. The fraction of sp³-hybridized carbons (Fsp3) is 0.368. The fourth-order valence-electron chi connectivity index (χ4n) is 2.50. The zero-order valence-electron chi connectivity index (χ0n) is 13.8. The second kappa shape index (κ2) is 9.28. The maximum absolute atomic E-state index is 12.9. The average molecular weight is 316 g/mol. The van der Waals surface area contributed by atoms with E-state index in [1.165, 1.54) is 17.7 Å². The minimum absolute atomic E-state index is 0.195. The molecule has 23 heavy (non-hydrogen) atoms. The lowest BCUT2D eigenvalue weighted by atomic mass is 10.1. The molecule has 0 aliphatic carbocycles. The van der Waals surface area contributed by atoms with Crippen molar-refractivity contribution in [1.29, 1.82) is 0 Å². The van der Waals surface area contributed by atoms with E-state index in [4.69, 9.17) is 4.74 Å². The van der Waals surface area contributed by atoms with Crippen LogP contribution in [0.2, 0.25) is 0 Å². The first kappa shape index (κ1) is 17.4. The van der Waals surface area contributed by atoms with Crippen molar-refractivity contribution in [1.82, 2.24) is 10.6 Å². The highest BCUT2D eigenvalue weighted by Gasteiger charge is 2.04. The first-order chi connectivity index (χ1) is 11.2. The van der Waals surface area contributed by atoms with Gasteiger partial charge in [0, 0.05) is 19.1 Å². The molecule has 124 valence electrons. The van der Waals surface area contributed by atoms with E-state index in [2.05, 4.69) is 23.6 Å². The van der Waals surface area contributed by atoms with Crippen molar-refractivity contribution in [2.24, 2.45) is 0 Å². The van der Waals surface area contributed by atoms with Crippen molar-refractivity contribution < 1.29 is 9.13 Å². The number of halogens is 1. The molecule has 0 fully saturated rings. The summed E-state index contributed by atoms with van der Waals surface area (Å²) in [6.07, 6.45) is 0.942. The number of ether oxygens (including phenoxy) is 1. The molecule has 1 atom stereocenters. The van der Waals surface area contributed by atoms with E-state index in [-0.39, 0.29) is 11.9 Å². The van der Waals surface area contributed by atoms with Crippen LogP contribution in [0.25, 0.3) is 0 Å². The van der Waals surface area contributed by atoms with E-state index in [0.717, 1.165) is 37.4 Å². The van der Waals surface area contributed by atoms with Crippen LogP contribution in [0.4, 0.5) is 4.39 Å². The molecule has 2 N–H and O–H groups in total. The standard InChI is InChI=1S/C19H25FN2O/c1-15(16-7-9-18(20)10-8-16)22-14-13-21-12-11-17-5-3-4-6-19(17)23-2/h3-10,15,21-22H,11-14H2,1-2H3. The van der Waals surface area contributed by atoms with Crippen LogP contribution in [0.5, 0.6) is 5.75 Å². The molecule has 0 heterocycles. The molecule has 0 radical (unpaired) electrons. The third-order valence-electron chi connectivity index (χ3n) is 3.89. The molecule has 0 aliphatic heterocycles. The molecule has 0 aliphatic rings. The quantitative estimate of drug-likeness (QED) is 0.696. The fourth-order valence-corrected chi connectivity index (χ4v) is 2.50. The lowest BCUT2D eigenvalue weighted by Crippen LogP contribution is -2.30. The van der Waals surface area contributed by atoms with Gasteiger partial charge in [0.15, 0.2) is 0 Å². The van der Waals surface area contributed by atoms with Crippen LogP contribution < -0.4 is 15.4 Å². The zero-order chi connectivity index (χ0) is 16.5. The molecule has 2 aromatic rings. The van der Waals surface area contributed by atoms with Gasteiger partial charge >= 0.3 is 0 Å². The van der Waals surface area contributed by atoms with Gasteiger partial charge in [-0.25, -0.2) is 4.39 Å². The maximum atomic E-state index is 12.9. The molecule has 4 heteroatoms. The molecule has 2 rings (SSSR count). The van der Waals surface area contributed by atoms with E-state index in [0.29, 0.717) is 0 Å². The summed E-state index contributed by atoms with van der Waals surface area (Å²) >= 11 is 0. The Hall–Kier alpha value is -1.91. The van der Waals surface area contributed by atoms with Gasteiger partial charge in [0.2, 0.25) is 0 Å². The minimum atomic E-state index is -0.195. The minimum Gasteiger partial charge on any atom is -0.496 e. The zero-order valence-corrected chi connectivity index (χ0v) is 13.8. The van der Waals surface area contributed by atoms with Gasteiger partial charge in [0.05, 0.1) is 7.11 Å². The Bertz CT molecular complexity index is 586. The summed E-state index contributed by atoms with van der Waals surface area (Å²) in [7, 11) is 1.70. The summed E-state index contributed by atoms with van der Waals surface area (Å²) in [5.74, 6) is 0.747. The summed E-state index contributed by atoms with van der Waals surface area (Å²) in [5, 5.41) is 6.85. The number of rotatable bonds is 9. The van der Waals surface area contributed by atoms with Gasteiger partial charge in [-0.05, 0) is 49.2 Å². The number of methoxy groups -OCH3 is 1. The van der Waals surface area contributed by atoms with Crippen molar-refractivity contribution >= 4 is 0 Å². The maximum Gasteiger partial charge on any atom is 0.123 e. The summed E-state index contributed by atoms with van der Waals surface area (Å²) in [4.78, 5) is 0. The van der Waals surface area contributed by atoms with Crippen LogP contribution in [0.3, 0.4) is 0 Å². The molecule has 0 amide bonds. The molecular weight excluding hydrogens is 291 g/mol. The van der Waals surface area contributed by atoms with E-state index in [9.17, 15) is 4.39 Å². The summed E-state index contributed by atoms with van der Waals surface area (Å²) in [5.41, 5.74) is 2.32. The topological polar surface area (TPSA) is 33.3 Å². The van der Waals surface area contributed by atoms with E-state index in [1.807, 2.05) is 30.3 Å². The molecule has 1 unspecified atom stereocenters. The smallest absolute Gasteiger partial charge is 0.123 e. The van der Waals surface area contributed by atoms with Gasteiger partial charge in [-0.15, -0.1) is 0 Å². The Labute approximate surface area is 137 Å². The summed E-state index contributed by atoms with van der Waals surface area (Å²) in [6, 6.07) is 14.9. The van der Waals surface area contributed by atoms with Gasteiger partial charge in [-0.1, -0.05) is 30.3 Å². The van der Waals surface area contributed by atoms with Crippen molar-refractivity contribution in [2.45, 2.75) is 19.4 Å². The SMILES string of the molecule is COc1ccccc1CCNCCNC(C)c1ccc(F)cc1. The van der Waals surface area contributed by atoms with Crippen LogP contribution in [0, 0.1) is 5.82 Å². The highest BCUT2D eigenvalue weighted by atomic mass is 19.1. The van der Waals surface area contributed by atoms with Crippen molar-refractivity contribution in [3.63, 3.8) is 0 Å². The number of hydrogen-bond donors (Lipinski definition) is 2. The normalized spacial score (nSPS) is 12.1. The number of para-hydroxylation sites is 1. The molecule has 0 saturated heterocycles. The van der Waals surface area contributed by atoms with Gasteiger partial charge in [0.1, 0.15) is 11.6 Å². The number of nitrogens with one attached hydrogen (secondary N) is 2. The van der Waals surface area contributed by atoms with E-state index < -0.39 is 0 Å². The van der Waals surface area contributed by atoms with Crippen molar-refractivity contribution in [2.75, 3.05) is 26.7 Å². The second-order valence-corrected chi connectivity index (χ2v) is 5.54. The van der Waals surface area contributed by atoms with E-state index in [1.54, 1.807) is 7.11 Å². The first-order valence-electron chi connectivity index (χ1n) is 8.02. The van der Waals surface area contributed by atoms with Gasteiger partial charge in [-0.3, -0.25) is 0 Å². The van der Waals surface area contributed by atoms with Crippen LogP contribution in [-0.2, 0) is 6.42 Å². The molecule has 0 saturated carbocycles. The monoisotopic (exact) mass is 316 g/mol. The Morgan fingerprint density at radius 3 is 2.48 bits per heavy atom. The lowest BCUT2D eigenvalue weighted by molar-refractivity contribution is 0.409. The largest absolute Gasteiger partial charge is 0.496 e. The number of hydrogen-bond acceptors (Lipinski definition) is 3. The number of benzene rings is 2. The van der Waals surface area contributed by atoms with Crippen molar-refractivity contribution in [3.8, 4) is 5.75 Å². The van der Waals surface area contributed by atoms with E-state index >= 15 is 0 Å². The summed E-state index contributed by atoms with van der Waals surface area (Å²) in [6.45, 7) is 4.75. The van der Waals surface area contributed by atoms with Crippen LogP contribution >= 0.6 is 0 Å². The summed E-state index contributed by atoms with van der Waals surface area (Å²) < 4.78 is 18.2. The predicted molar refractivity (Wildman–Crippen MR) is 92.4 cm³/mol. The first-order valence-corrected chi connectivity index (χ1v) is 8.02. The Balaban J connectivity index is 1.63. The molecule has 0 spiro atoms. The third kappa shape index (κ3) is 5.66. The van der Waals surface area contributed by atoms with Gasteiger partial charge in [-0.2, -0.15) is 0 Å². The van der Waals surface area contributed by atoms with Gasteiger partial charge in [0.25, 0.3) is 0 Å². The predicted octanol–water partition coefficient (Wildman–Crippen LogP) is 3.32. The van der Waals surface area contributed by atoms with Crippen LogP contribution in [0.1, 0.15) is 24.1 Å². The molecule has 3 nitrogen and oxygen atoms in total. The third-order valence-corrected chi connectivity index (χ3v) is 3.89. The second-order valence-electron chi connectivity index (χ2n) is 5.54. The Morgan fingerprint density at radius 1 is 1.00 bits per heavy atom. The van der Waals surface area contributed by atoms with Crippen LogP contribution in [0.15, 0.2) is 48.5 Å². The van der Waals surface area contributed by atoms with Crippen molar-refractivity contribution in [3.05, 3.63) is 65.5 Å². The molecule has 0 bridgehead atoms. The highest BCUT2D eigenvalue weighted by Crippen LogP contribution is 2.17. The van der Waals surface area contributed by atoms with Crippen LogP contribution in [-0.4, -0.2) is 26.7 Å². The Kier molecular flexibility index (Phi) is 7.04. The molecule has 0 aromatic heterocycles. The highest BCUT2D eigenvalue weighted by molar-refractivity contribution is 5.33. The van der Waals surface area contributed by atoms with Gasteiger partial charge < -0.3 is 15.4 Å². The molecular formula is C19H25FN2O. The Morgan fingerprint density at radius 2 is 1.74 bits per heavy atom. The average Bonchev–Trinajstić information content (AvgIpc) is 2.58. The lowest BCUT2D eigenvalue weighted by Gasteiger charge is -2.15.